The molecule has 0 spiro atoms. The monoisotopic (exact) mass is 315 g/mol. The van der Waals surface area contributed by atoms with Crippen LogP contribution in [0.4, 0.5) is 13.2 Å². The van der Waals surface area contributed by atoms with E-state index in [0.717, 1.165) is 19.3 Å². The van der Waals surface area contributed by atoms with E-state index >= 15 is 0 Å². The zero-order chi connectivity index (χ0) is 15.5. The normalized spacial score (nSPS) is 44.4. The highest BCUT2D eigenvalue weighted by Crippen LogP contribution is 2.61. The van der Waals surface area contributed by atoms with Gasteiger partial charge in [0.1, 0.15) is 6.04 Å². The Morgan fingerprint density at radius 2 is 1.50 bits per heavy atom. The number of nitrogens with zero attached hydrogens (tertiary/aromatic N) is 1. The van der Waals surface area contributed by atoms with Crippen LogP contribution in [0.15, 0.2) is 0 Å². The van der Waals surface area contributed by atoms with Gasteiger partial charge in [0.25, 0.3) is 0 Å². The minimum absolute atomic E-state index is 0.0849. The minimum atomic E-state index is -4.28. The number of likely N-dealkylation sites (tertiary alicyclic amines) is 1. The molecule has 5 fully saturated rings. The molecule has 0 aromatic heterocycles. The summed E-state index contributed by atoms with van der Waals surface area (Å²) in [5.41, 5.74) is -0.449. The Hall–Kier alpha value is -0.740. The summed E-state index contributed by atoms with van der Waals surface area (Å²) >= 11 is 0. The molecule has 5 heteroatoms. The number of carbonyl (C=O) groups is 1. The summed E-state index contributed by atoms with van der Waals surface area (Å²) in [7, 11) is 0. The number of carbonyl (C=O) groups excluding carboxylic acids is 1. The van der Waals surface area contributed by atoms with Gasteiger partial charge in [-0.1, -0.05) is 0 Å². The van der Waals surface area contributed by atoms with Gasteiger partial charge in [-0.3, -0.25) is 4.79 Å². The van der Waals surface area contributed by atoms with E-state index in [1.165, 1.54) is 24.2 Å². The predicted molar refractivity (Wildman–Crippen MR) is 76.0 cm³/mol. The third-order valence-corrected chi connectivity index (χ3v) is 6.63. The fourth-order valence-corrected chi connectivity index (χ4v) is 6.19. The quantitative estimate of drug-likeness (QED) is 0.712. The van der Waals surface area contributed by atoms with Crippen LogP contribution in [-0.4, -0.2) is 29.6 Å². The zero-order valence-corrected chi connectivity index (χ0v) is 12.9. The van der Waals surface area contributed by atoms with Crippen LogP contribution >= 0.6 is 0 Å². The van der Waals surface area contributed by atoms with E-state index < -0.39 is 17.6 Å². The van der Waals surface area contributed by atoms with E-state index in [1.807, 2.05) is 0 Å². The van der Waals surface area contributed by atoms with Crippen molar-refractivity contribution < 1.29 is 18.0 Å². The molecule has 1 aliphatic heterocycles. The maximum absolute atomic E-state index is 13.3. The van der Waals surface area contributed by atoms with Gasteiger partial charge < -0.3 is 4.90 Å². The van der Waals surface area contributed by atoms with Crippen LogP contribution in [0.25, 0.3) is 0 Å². The number of hydrogen-bond donors (Lipinski definition) is 0. The van der Waals surface area contributed by atoms with E-state index in [9.17, 15) is 18.0 Å². The van der Waals surface area contributed by atoms with Crippen molar-refractivity contribution >= 4 is 5.91 Å². The second-order valence-corrected chi connectivity index (χ2v) is 8.25. The van der Waals surface area contributed by atoms with Gasteiger partial charge in [-0.05, 0) is 75.5 Å². The second-order valence-electron chi connectivity index (χ2n) is 8.25. The van der Waals surface area contributed by atoms with Crippen molar-refractivity contribution in [1.82, 2.24) is 4.90 Å². The molecule has 1 heterocycles. The van der Waals surface area contributed by atoms with Gasteiger partial charge in [0.05, 0.1) is 5.41 Å². The van der Waals surface area contributed by atoms with Crippen LogP contribution in [0.2, 0.25) is 0 Å². The first-order valence-electron chi connectivity index (χ1n) is 8.75. The molecule has 0 N–H and O–H groups in total. The molecule has 4 aliphatic carbocycles. The maximum Gasteiger partial charge on any atom is 0.408 e. The molecule has 2 nitrogen and oxygen atoms in total. The summed E-state index contributed by atoms with van der Waals surface area (Å²) in [6.45, 7) is 0.296. The molecule has 1 unspecified atom stereocenters. The second kappa shape index (κ2) is 4.88. The highest BCUT2D eigenvalue weighted by Gasteiger charge is 2.58. The first-order chi connectivity index (χ1) is 10.4. The van der Waals surface area contributed by atoms with Crippen LogP contribution < -0.4 is 0 Å². The molecule has 4 bridgehead atoms. The molecule has 5 rings (SSSR count). The molecular formula is C17H24F3NO. The fraction of sp³-hybridized carbons (Fsp3) is 0.941. The van der Waals surface area contributed by atoms with Crippen LogP contribution in [0.5, 0.6) is 0 Å². The zero-order valence-electron chi connectivity index (χ0n) is 12.9. The van der Waals surface area contributed by atoms with Gasteiger partial charge in [0.2, 0.25) is 5.91 Å². The SMILES string of the molecule is O=C(N1CCCCC1C(F)(F)F)C12CC3CC(CC(C3)C1)C2. The smallest absolute Gasteiger partial charge is 0.330 e. The van der Waals surface area contributed by atoms with Crippen LogP contribution in [0, 0.1) is 23.2 Å². The van der Waals surface area contributed by atoms with Crippen molar-refractivity contribution in [2.45, 2.75) is 70.0 Å². The maximum atomic E-state index is 13.3. The van der Waals surface area contributed by atoms with Crippen molar-refractivity contribution in [1.29, 1.82) is 0 Å². The van der Waals surface area contributed by atoms with Gasteiger partial charge in [-0.2, -0.15) is 13.2 Å². The molecule has 0 aromatic rings. The number of alkyl halides is 3. The highest BCUT2D eigenvalue weighted by atomic mass is 19.4. The molecule has 1 saturated heterocycles. The molecule has 124 valence electrons. The Morgan fingerprint density at radius 1 is 0.955 bits per heavy atom. The molecular weight excluding hydrogens is 291 g/mol. The molecule has 4 saturated carbocycles. The lowest BCUT2D eigenvalue weighted by atomic mass is 9.49. The Morgan fingerprint density at radius 3 is 2.00 bits per heavy atom. The Balaban J connectivity index is 1.60. The lowest BCUT2D eigenvalue weighted by Crippen LogP contribution is -2.60. The van der Waals surface area contributed by atoms with E-state index in [1.54, 1.807) is 0 Å². The number of hydrogen-bond acceptors (Lipinski definition) is 1. The van der Waals surface area contributed by atoms with Gasteiger partial charge in [-0.25, -0.2) is 0 Å². The highest BCUT2D eigenvalue weighted by molar-refractivity contribution is 5.83. The van der Waals surface area contributed by atoms with E-state index in [2.05, 4.69) is 0 Å². The standard InChI is InChI=1S/C17H24F3NO/c18-17(19,20)14-3-1-2-4-21(14)15(22)16-8-11-5-12(9-16)7-13(6-11)10-16/h11-14H,1-10H2. The molecule has 0 aromatic carbocycles. The third-order valence-electron chi connectivity index (χ3n) is 6.63. The largest absolute Gasteiger partial charge is 0.408 e. The summed E-state index contributed by atoms with van der Waals surface area (Å²) in [5.74, 6) is 1.60. The van der Waals surface area contributed by atoms with E-state index in [0.29, 0.717) is 37.1 Å². The Labute approximate surface area is 129 Å². The lowest BCUT2D eigenvalue weighted by Gasteiger charge is -2.57. The van der Waals surface area contributed by atoms with Gasteiger partial charge in [-0.15, -0.1) is 0 Å². The third kappa shape index (κ3) is 2.26. The average molecular weight is 315 g/mol. The van der Waals surface area contributed by atoms with Crippen LogP contribution in [-0.2, 0) is 4.79 Å². The van der Waals surface area contributed by atoms with Crippen molar-refractivity contribution in [3.05, 3.63) is 0 Å². The molecule has 5 aliphatic rings. The van der Waals surface area contributed by atoms with Gasteiger partial charge in [0, 0.05) is 6.54 Å². The van der Waals surface area contributed by atoms with Crippen LogP contribution in [0.3, 0.4) is 0 Å². The fourth-order valence-electron chi connectivity index (χ4n) is 6.19. The van der Waals surface area contributed by atoms with Crippen molar-refractivity contribution in [2.24, 2.45) is 23.2 Å². The molecule has 0 radical (unpaired) electrons. The number of piperidine rings is 1. The first kappa shape index (κ1) is 14.8. The Bertz CT molecular complexity index is 438. The van der Waals surface area contributed by atoms with Crippen molar-refractivity contribution in [2.75, 3.05) is 6.54 Å². The number of rotatable bonds is 1. The van der Waals surface area contributed by atoms with Gasteiger partial charge >= 0.3 is 6.18 Å². The predicted octanol–water partition coefficient (Wildman–Crippen LogP) is 4.15. The van der Waals surface area contributed by atoms with Crippen molar-refractivity contribution in [3.63, 3.8) is 0 Å². The average Bonchev–Trinajstić information content (AvgIpc) is 2.44. The summed E-state index contributed by atoms with van der Waals surface area (Å²) in [4.78, 5) is 14.4. The number of amides is 1. The molecule has 22 heavy (non-hydrogen) atoms. The van der Waals surface area contributed by atoms with E-state index in [4.69, 9.17) is 0 Å². The summed E-state index contributed by atoms with van der Waals surface area (Å²) in [6, 6.07) is -1.54. The van der Waals surface area contributed by atoms with Crippen LogP contribution in [0.1, 0.15) is 57.8 Å². The summed E-state index contributed by atoms with van der Waals surface area (Å²) < 4.78 is 40.0. The topological polar surface area (TPSA) is 20.3 Å². The van der Waals surface area contributed by atoms with E-state index in [-0.39, 0.29) is 12.3 Å². The van der Waals surface area contributed by atoms with Crippen molar-refractivity contribution in [3.8, 4) is 0 Å². The number of halogens is 3. The molecule has 1 atom stereocenters. The van der Waals surface area contributed by atoms with Gasteiger partial charge in [0.15, 0.2) is 0 Å². The first-order valence-corrected chi connectivity index (χ1v) is 8.75. The molecule has 1 amide bonds. The Kier molecular flexibility index (Phi) is 3.29. The minimum Gasteiger partial charge on any atom is -0.330 e. The summed E-state index contributed by atoms with van der Waals surface area (Å²) in [6.07, 6.45) is 3.25. The lowest BCUT2D eigenvalue weighted by molar-refractivity contribution is -0.205. The summed E-state index contributed by atoms with van der Waals surface area (Å²) in [5, 5.41) is 0.